The maximum atomic E-state index is 10.8. The number of phenols is 1. The molecule has 6 heteroatoms. The molecule has 0 amide bonds. The maximum Gasteiger partial charge on any atom is 0.312 e. The van der Waals surface area contributed by atoms with Crippen LogP contribution in [0, 0.1) is 10.1 Å². The Labute approximate surface area is 123 Å². The fourth-order valence-electron chi connectivity index (χ4n) is 1.68. The lowest BCUT2D eigenvalue weighted by Crippen LogP contribution is -1.93. The van der Waals surface area contributed by atoms with E-state index >= 15 is 0 Å². The van der Waals surface area contributed by atoms with Gasteiger partial charge in [0.1, 0.15) is 5.76 Å². The van der Waals surface area contributed by atoms with E-state index in [0.717, 1.165) is 5.57 Å². The van der Waals surface area contributed by atoms with Crippen LogP contribution in [-0.4, -0.2) is 15.1 Å². The lowest BCUT2D eigenvalue weighted by molar-refractivity contribution is -0.386. The van der Waals surface area contributed by atoms with Gasteiger partial charge in [0.25, 0.3) is 0 Å². The van der Waals surface area contributed by atoms with E-state index in [9.17, 15) is 20.3 Å². The van der Waals surface area contributed by atoms with Gasteiger partial charge in [-0.15, -0.1) is 0 Å². The van der Waals surface area contributed by atoms with E-state index in [0.29, 0.717) is 4.47 Å². The third kappa shape index (κ3) is 2.97. The zero-order chi connectivity index (χ0) is 14.7. The van der Waals surface area contributed by atoms with Crippen LogP contribution in [-0.2, 0) is 0 Å². The summed E-state index contributed by atoms with van der Waals surface area (Å²) in [6.45, 7) is 0. The van der Waals surface area contributed by atoms with Gasteiger partial charge >= 0.3 is 5.69 Å². The Morgan fingerprint density at radius 3 is 2.55 bits per heavy atom. The average molecular weight is 336 g/mol. The highest BCUT2D eigenvalue weighted by Gasteiger charge is 2.20. The number of nitro groups is 1. The predicted octanol–water partition coefficient (Wildman–Crippen LogP) is 4.01. The van der Waals surface area contributed by atoms with E-state index in [1.165, 1.54) is 18.2 Å². The molecule has 1 aromatic rings. The minimum Gasteiger partial charge on any atom is -0.507 e. The summed E-state index contributed by atoms with van der Waals surface area (Å²) in [7, 11) is 0. The second kappa shape index (κ2) is 5.75. The first-order chi connectivity index (χ1) is 9.49. The lowest BCUT2D eigenvalue weighted by atomic mass is 10.1. The molecule has 0 aromatic heterocycles. The number of benzene rings is 1. The maximum absolute atomic E-state index is 10.8. The van der Waals surface area contributed by atoms with Gasteiger partial charge in [0.05, 0.1) is 10.5 Å². The summed E-state index contributed by atoms with van der Waals surface area (Å²) in [6, 6.07) is 2.58. The second-order valence-corrected chi connectivity index (χ2v) is 4.93. The Hall–Kier alpha value is -2.34. The Balaban J connectivity index is 2.44. The summed E-state index contributed by atoms with van der Waals surface area (Å²) in [6.07, 6.45) is 10.4. The number of aliphatic hydroxyl groups is 1. The number of halogens is 1. The van der Waals surface area contributed by atoms with Crippen LogP contribution in [0.4, 0.5) is 5.69 Å². The highest BCUT2D eigenvalue weighted by Crippen LogP contribution is 2.36. The molecule has 0 bridgehead atoms. The lowest BCUT2D eigenvalue weighted by Gasteiger charge is -2.05. The third-order valence-electron chi connectivity index (χ3n) is 2.65. The largest absolute Gasteiger partial charge is 0.507 e. The number of aliphatic hydroxyl groups excluding tert-OH is 1. The number of nitro benzene ring substituents is 1. The molecule has 1 aliphatic rings. The first kappa shape index (κ1) is 14.1. The van der Waals surface area contributed by atoms with Crippen LogP contribution in [0.2, 0.25) is 0 Å². The van der Waals surface area contributed by atoms with Gasteiger partial charge in [0, 0.05) is 10.5 Å². The molecule has 0 atom stereocenters. The summed E-state index contributed by atoms with van der Waals surface area (Å²) in [5, 5.41) is 30.6. The van der Waals surface area contributed by atoms with Crippen molar-refractivity contribution >= 4 is 27.4 Å². The van der Waals surface area contributed by atoms with Gasteiger partial charge in [-0.3, -0.25) is 10.1 Å². The van der Waals surface area contributed by atoms with Crippen LogP contribution in [0.3, 0.4) is 0 Å². The summed E-state index contributed by atoms with van der Waals surface area (Å²) >= 11 is 3.11. The molecular formula is C14H10BrNO4. The number of nitrogens with zero attached hydrogens (tertiary/aromatic N) is 1. The quantitative estimate of drug-likeness (QED) is 0.496. The van der Waals surface area contributed by atoms with Gasteiger partial charge < -0.3 is 10.2 Å². The van der Waals surface area contributed by atoms with E-state index in [1.807, 2.05) is 24.3 Å². The van der Waals surface area contributed by atoms with E-state index in [-0.39, 0.29) is 11.3 Å². The van der Waals surface area contributed by atoms with Gasteiger partial charge in [-0.05, 0) is 17.7 Å². The number of hydrogen-bond donors (Lipinski definition) is 2. The van der Waals surface area contributed by atoms with Crippen molar-refractivity contribution in [1.82, 2.24) is 0 Å². The number of aromatic hydroxyl groups is 1. The Morgan fingerprint density at radius 1 is 1.30 bits per heavy atom. The highest BCUT2D eigenvalue weighted by molar-refractivity contribution is 9.10. The van der Waals surface area contributed by atoms with Crippen LogP contribution in [0.1, 0.15) is 5.56 Å². The highest BCUT2D eigenvalue weighted by atomic mass is 79.9. The Bertz CT molecular complexity index is 673. The number of hydrogen-bond acceptors (Lipinski definition) is 4. The van der Waals surface area contributed by atoms with Crippen molar-refractivity contribution in [2.45, 2.75) is 0 Å². The molecule has 0 saturated heterocycles. The average Bonchev–Trinajstić information content (AvgIpc) is 2.91. The van der Waals surface area contributed by atoms with E-state index in [1.54, 1.807) is 6.08 Å². The Morgan fingerprint density at radius 2 is 1.95 bits per heavy atom. The van der Waals surface area contributed by atoms with Gasteiger partial charge in [-0.1, -0.05) is 46.3 Å². The van der Waals surface area contributed by atoms with E-state index in [2.05, 4.69) is 15.9 Å². The predicted molar refractivity (Wildman–Crippen MR) is 79.4 cm³/mol. The first-order valence-electron chi connectivity index (χ1n) is 5.62. The SMILES string of the molecule is O=[N+]([O-])c1cc(Br)cc(C(O)=CC=C2C=CC=C2)c1O. The number of allylic oxidation sites excluding steroid dienone is 7. The van der Waals surface area contributed by atoms with Crippen LogP contribution < -0.4 is 0 Å². The molecule has 20 heavy (non-hydrogen) atoms. The summed E-state index contributed by atoms with van der Waals surface area (Å²) in [4.78, 5) is 10.1. The molecule has 1 aliphatic carbocycles. The van der Waals surface area contributed by atoms with E-state index < -0.39 is 16.4 Å². The molecule has 0 fully saturated rings. The topological polar surface area (TPSA) is 83.6 Å². The molecule has 5 nitrogen and oxygen atoms in total. The molecule has 0 heterocycles. The molecule has 2 N–H and O–H groups in total. The van der Waals surface area contributed by atoms with Gasteiger partial charge in [-0.25, -0.2) is 0 Å². The van der Waals surface area contributed by atoms with Crippen molar-refractivity contribution in [1.29, 1.82) is 0 Å². The van der Waals surface area contributed by atoms with Gasteiger partial charge in [0.15, 0.2) is 0 Å². The van der Waals surface area contributed by atoms with Crippen molar-refractivity contribution in [2.75, 3.05) is 0 Å². The zero-order valence-electron chi connectivity index (χ0n) is 10.2. The fraction of sp³-hybridized carbons (Fsp3) is 0. The summed E-state index contributed by atoms with van der Waals surface area (Å²) in [5.41, 5.74) is 0.400. The van der Waals surface area contributed by atoms with Crippen molar-refractivity contribution in [2.24, 2.45) is 0 Å². The van der Waals surface area contributed by atoms with Crippen LogP contribution >= 0.6 is 15.9 Å². The Kier molecular flexibility index (Phi) is 4.05. The molecule has 0 saturated carbocycles. The number of rotatable bonds is 3. The molecule has 102 valence electrons. The first-order valence-corrected chi connectivity index (χ1v) is 6.41. The minimum absolute atomic E-state index is 0.00567. The standard InChI is InChI=1S/C14H10BrNO4/c15-10-7-11(14(18)12(8-10)16(19)20)13(17)6-5-9-3-1-2-4-9/h1-8,17-18H. The zero-order valence-corrected chi connectivity index (χ0v) is 11.7. The van der Waals surface area contributed by atoms with Crippen molar-refractivity contribution in [3.63, 3.8) is 0 Å². The molecule has 0 radical (unpaired) electrons. The molecule has 0 spiro atoms. The van der Waals surface area contributed by atoms with Crippen molar-refractivity contribution in [3.8, 4) is 5.75 Å². The van der Waals surface area contributed by atoms with Crippen molar-refractivity contribution in [3.05, 3.63) is 74.3 Å². The monoisotopic (exact) mass is 335 g/mol. The molecule has 2 rings (SSSR count). The fourth-order valence-corrected chi connectivity index (χ4v) is 2.13. The van der Waals surface area contributed by atoms with Crippen molar-refractivity contribution < 1.29 is 15.1 Å². The third-order valence-corrected chi connectivity index (χ3v) is 3.11. The van der Waals surface area contributed by atoms with Gasteiger partial charge in [-0.2, -0.15) is 0 Å². The molecule has 1 aromatic carbocycles. The van der Waals surface area contributed by atoms with Gasteiger partial charge in [0.2, 0.25) is 5.75 Å². The summed E-state index contributed by atoms with van der Waals surface area (Å²) < 4.78 is 0.394. The smallest absolute Gasteiger partial charge is 0.312 e. The molecule has 0 aliphatic heterocycles. The normalized spacial score (nSPS) is 13.8. The second-order valence-electron chi connectivity index (χ2n) is 4.01. The molecule has 0 unspecified atom stereocenters. The minimum atomic E-state index is -0.711. The number of phenolic OH excluding ortho intramolecular Hbond substituents is 1. The summed E-state index contributed by atoms with van der Waals surface area (Å²) in [5.74, 6) is -0.823. The van der Waals surface area contributed by atoms with E-state index in [4.69, 9.17) is 0 Å². The van der Waals surface area contributed by atoms with Crippen LogP contribution in [0.15, 0.2) is 58.6 Å². The molecular weight excluding hydrogens is 326 g/mol. The van der Waals surface area contributed by atoms with Crippen LogP contribution in [0.25, 0.3) is 5.76 Å². The van der Waals surface area contributed by atoms with Crippen LogP contribution in [0.5, 0.6) is 5.75 Å².